The molecule has 2 rings (SSSR count). The van der Waals surface area contributed by atoms with Crippen molar-refractivity contribution in [3.05, 3.63) is 12.7 Å². The van der Waals surface area contributed by atoms with Crippen molar-refractivity contribution in [2.45, 2.75) is 12.5 Å². The third-order valence-electron chi connectivity index (χ3n) is 3.25. The zero-order chi connectivity index (χ0) is 21.9. The van der Waals surface area contributed by atoms with Crippen LogP contribution in [0.3, 0.4) is 0 Å². The Hall–Kier alpha value is -1.28. The van der Waals surface area contributed by atoms with E-state index in [2.05, 4.69) is 23.6 Å². The zero-order valence-electron chi connectivity index (χ0n) is 14.5. The zero-order valence-corrected chi connectivity index (χ0v) is 17.1. The molecular formula is C10H18N5O11P3. The number of hydrogen-bond acceptors (Lipinski definition) is 11. The van der Waals surface area contributed by atoms with Gasteiger partial charge in [0, 0.05) is 6.61 Å². The first-order valence-corrected chi connectivity index (χ1v) is 12.4. The Morgan fingerprint density at radius 3 is 2.41 bits per heavy atom. The van der Waals surface area contributed by atoms with Gasteiger partial charge >= 0.3 is 23.2 Å². The van der Waals surface area contributed by atoms with Gasteiger partial charge in [-0.05, 0) is 6.42 Å². The second-order valence-corrected chi connectivity index (χ2v) is 10.3. The van der Waals surface area contributed by atoms with E-state index in [0.717, 1.165) is 0 Å². The Balaban J connectivity index is 2.06. The minimum absolute atomic E-state index is 0.0995. The van der Waals surface area contributed by atoms with Gasteiger partial charge in [-0.3, -0.25) is 4.57 Å². The van der Waals surface area contributed by atoms with Crippen molar-refractivity contribution in [3.8, 4) is 0 Å². The lowest BCUT2D eigenvalue weighted by Crippen LogP contribution is -2.18. The van der Waals surface area contributed by atoms with Crippen LogP contribution in [0.2, 0.25) is 0 Å². The van der Waals surface area contributed by atoms with Crippen LogP contribution in [-0.2, 0) is 27.1 Å². The van der Waals surface area contributed by atoms with Gasteiger partial charge in [-0.1, -0.05) is 0 Å². The largest absolute Gasteiger partial charge is 0.488 e. The van der Waals surface area contributed by atoms with E-state index in [9.17, 15) is 23.7 Å². The third-order valence-corrected chi connectivity index (χ3v) is 7.29. The number of ether oxygens (including phenoxy) is 1. The third kappa shape index (κ3) is 7.17. The summed E-state index contributed by atoms with van der Waals surface area (Å²) in [5.41, 5.74) is 6.41. The number of aliphatic hydroxyl groups excluding tert-OH is 1. The second kappa shape index (κ2) is 9.25. The number of nitrogen functional groups attached to an aromatic ring is 1. The molecule has 2 aromatic rings. The Kier molecular flexibility index (Phi) is 7.65. The van der Waals surface area contributed by atoms with E-state index < -0.39 is 35.6 Å². The molecule has 16 nitrogen and oxygen atoms in total. The van der Waals surface area contributed by atoms with Gasteiger partial charge in [0.1, 0.15) is 18.2 Å². The number of hydrogen-bond donors (Lipinski definition) is 6. The molecule has 2 aromatic heterocycles. The molecule has 3 atom stereocenters. The first-order valence-electron chi connectivity index (χ1n) is 7.58. The van der Waals surface area contributed by atoms with Crippen LogP contribution < -0.4 is 5.73 Å². The summed E-state index contributed by atoms with van der Waals surface area (Å²) in [5, 5.41) is 9.26. The van der Waals surface area contributed by atoms with Crippen molar-refractivity contribution in [2.75, 3.05) is 25.3 Å². The molecule has 19 heteroatoms. The Morgan fingerprint density at radius 1 is 1.10 bits per heavy atom. The normalized spacial score (nSPS) is 17.7. The van der Waals surface area contributed by atoms with E-state index >= 15 is 0 Å². The van der Waals surface area contributed by atoms with E-state index in [4.69, 9.17) is 25.2 Å². The summed E-state index contributed by atoms with van der Waals surface area (Å²) in [5.74, 6) is 0.0995. The lowest BCUT2D eigenvalue weighted by atomic mass is 10.2. The van der Waals surface area contributed by atoms with Crippen LogP contribution in [0.4, 0.5) is 5.82 Å². The van der Waals surface area contributed by atoms with Crippen molar-refractivity contribution < 1.29 is 51.7 Å². The highest BCUT2D eigenvalue weighted by atomic mass is 31.3. The van der Waals surface area contributed by atoms with Gasteiger partial charge in [0.15, 0.2) is 11.5 Å². The Labute approximate surface area is 162 Å². The first-order chi connectivity index (χ1) is 13.3. The fraction of sp³-hybridized carbons (Fsp3) is 0.500. The van der Waals surface area contributed by atoms with Crippen LogP contribution in [0.5, 0.6) is 0 Å². The minimum atomic E-state index is -5.54. The molecule has 0 saturated carbocycles. The van der Waals surface area contributed by atoms with Gasteiger partial charge in [-0.2, -0.15) is 4.31 Å². The Bertz CT molecular complexity index is 993. The first kappa shape index (κ1) is 24.0. The van der Waals surface area contributed by atoms with E-state index in [0.29, 0.717) is 5.52 Å². The van der Waals surface area contributed by atoms with Gasteiger partial charge in [-0.15, -0.1) is 0 Å². The number of nitrogens with zero attached hydrogens (tertiary/aromatic N) is 4. The van der Waals surface area contributed by atoms with Gasteiger partial charge in [0.2, 0.25) is 0 Å². The molecule has 0 radical (unpaired) electrons. The van der Waals surface area contributed by atoms with Crippen molar-refractivity contribution in [1.82, 2.24) is 19.5 Å². The molecule has 0 aromatic carbocycles. The molecule has 0 aliphatic rings. The Morgan fingerprint density at radius 2 is 1.79 bits per heavy atom. The molecule has 2 heterocycles. The minimum Gasteiger partial charge on any atom is -0.396 e. The number of anilines is 1. The number of aliphatic hydroxyl groups is 1. The summed E-state index contributed by atoms with van der Waals surface area (Å²) in [7, 11) is -16.0. The van der Waals surface area contributed by atoms with Gasteiger partial charge < -0.3 is 39.7 Å². The van der Waals surface area contributed by atoms with Crippen LogP contribution in [0.15, 0.2) is 12.7 Å². The van der Waals surface area contributed by atoms with Crippen LogP contribution in [0.1, 0.15) is 12.5 Å². The number of aromatic nitrogens is 4. The van der Waals surface area contributed by atoms with Crippen LogP contribution in [0, 0.1) is 0 Å². The molecule has 0 aliphatic carbocycles. The van der Waals surface area contributed by atoms with Crippen LogP contribution >= 0.6 is 23.2 Å². The highest BCUT2D eigenvalue weighted by Crippen LogP contribution is 2.65. The molecule has 7 N–H and O–H groups in total. The van der Waals surface area contributed by atoms with E-state index in [1.807, 2.05) is 0 Å². The topological polar surface area (TPSA) is 250 Å². The smallest absolute Gasteiger partial charge is 0.396 e. The van der Waals surface area contributed by atoms with Crippen molar-refractivity contribution in [2.24, 2.45) is 0 Å². The lowest BCUT2D eigenvalue weighted by molar-refractivity contribution is 0.111. The van der Waals surface area contributed by atoms with Crippen LogP contribution in [-0.4, -0.2) is 63.8 Å². The number of phosphoric acid groups is 2. The summed E-state index contributed by atoms with van der Waals surface area (Å²) >= 11 is 0. The molecule has 0 spiro atoms. The summed E-state index contributed by atoms with van der Waals surface area (Å²) in [6.45, 7) is -0.597. The standard InChI is InChI=1S/C10H18N5O11P3/c11-9-8-10(13-4-12-9)14-5-15(8)7(1-2-16)3-24-6-27(17,18)25-29(22,23)26-28(19,20)21/h4-5,7,16H,1-3,6H2,(H,17,18)(H,22,23)(H2,11,12,13)(H2,19,20,21). The monoisotopic (exact) mass is 477 g/mol. The highest BCUT2D eigenvalue weighted by Gasteiger charge is 2.39. The number of nitrogens with two attached hydrogens (primary N) is 1. The predicted molar refractivity (Wildman–Crippen MR) is 95.2 cm³/mol. The average molecular weight is 477 g/mol. The predicted octanol–water partition coefficient (Wildman–Crippen LogP) is -0.282. The molecule has 3 unspecified atom stereocenters. The van der Waals surface area contributed by atoms with Crippen LogP contribution in [0.25, 0.3) is 11.2 Å². The molecule has 0 aliphatic heterocycles. The molecule has 0 fully saturated rings. The fourth-order valence-corrected chi connectivity index (χ4v) is 5.54. The maximum absolute atomic E-state index is 11.8. The van der Waals surface area contributed by atoms with Crippen molar-refractivity contribution in [1.29, 1.82) is 0 Å². The molecule has 0 bridgehead atoms. The van der Waals surface area contributed by atoms with E-state index in [-0.39, 0.29) is 31.1 Å². The molecule has 0 saturated heterocycles. The van der Waals surface area contributed by atoms with Gasteiger partial charge in [0.25, 0.3) is 0 Å². The maximum Gasteiger partial charge on any atom is 0.488 e. The number of rotatable bonds is 11. The quantitative estimate of drug-likeness (QED) is 0.228. The molecular weight excluding hydrogens is 459 g/mol. The summed E-state index contributed by atoms with van der Waals surface area (Å²) in [6, 6.07) is -0.648. The summed E-state index contributed by atoms with van der Waals surface area (Å²) in [4.78, 5) is 47.5. The van der Waals surface area contributed by atoms with E-state index in [1.54, 1.807) is 0 Å². The van der Waals surface area contributed by atoms with E-state index in [1.165, 1.54) is 17.2 Å². The maximum atomic E-state index is 11.8. The SMILES string of the molecule is Nc1ncnc2ncn(C(CCO)COCP(=O)(O)OP(=O)(O)OP(=O)(O)O)c12. The molecule has 29 heavy (non-hydrogen) atoms. The van der Waals surface area contributed by atoms with Crippen molar-refractivity contribution >= 4 is 40.2 Å². The second-order valence-electron chi connectivity index (χ2n) is 5.51. The number of imidazole rings is 1. The van der Waals surface area contributed by atoms with Gasteiger partial charge in [-0.25, -0.2) is 28.4 Å². The highest BCUT2D eigenvalue weighted by molar-refractivity contribution is 7.68. The number of fused-ring (bicyclic) bond motifs is 1. The molecule has 164 valence electrons. The lowest BCUT2D eigenvalue weighted by Gasteiger charge is -2.20. The molecule has 0 amide bonds. The summed E-state index contributed by atoms with van der Waals surface area (Å²) < 4.78 is 47.7. The van der Waals surface area contributed by atoms with Gasteiger partial charge in [0.05, 0.1) is 19.0 Å². The summed E-state index contributed by atoms with van der Waals surface area (Å²) in [6.07, 6.45) is 1.54. The fourth-order valence-electron chi connectivity index (χ4n) is 2.27. The average Bonchev–Trinajstić information content (AvgIpc) is 2.95. The van der Waals surface area contributed by atoms with Crippen molar-refractivity contribution in [3.63, 3.8) is 0 Å².